The highest BCUT2D eigenvalue weighted by atomic mass is 16.6. The van der Waals surface area contributed by atoms with Crippen LogP contribution in [-0.4, -0.2) is 31.8 Å². The maximum Gasteiger partial charge on any atom is 0.220 e. The number of amides is 1. The van der Waals surface area contributed by atoms with Gasteiger partial charge in [-0.05, 0) is 43.2 Å². The highest BCUT2D eigenvalue weighted by molar-refractivity contribution is 5.75. The Labute approximate surface area is 147 Å². The van der Waals surface area contributed by atoms with Crippen molar-refractivity contribution in [3.63, 3.8) is 0 Å². The molecule has 0 unspecified atom stereocenters. The fraction of sp³-hybridized carbons (Fsp3) is 0.350. The Hall–Kier alpha value is -2.69. The van der Waals surface area contributed by atoms with Crippen molar-refractivity contribution in [1.29, 1.82) is 0 Å². The van der Waals surface area contributed by atoms with E-state index in [0.717, 1.165) is 22.8 Å². The number of carbonyl (C=O) groups is 1. The minimum atomic E-state index is -0.164. The molecule has 1 aliphatic heterocycles. The van der Waals surface area contributed by atoms with Crippen LogP contribution in [0.2, 0.25) is 0 Å². The van der Waals surface area contributed by atoms with E-state index in [-0.39, 0.29) is 12.0 Å². The van der Waals surface area contributed by atoms with Gasteiger partial charge in [-0.25, -0.2) is 0 Å². The first-order valence-electron chi connectivity index (χ1n) is 8.55. The molecule has 0 bridgehead atoms. The van der Waals surface area contributed by atoms with Gasteiger partial charge in [0.15, 0.2) is 11.5 Å². The predicted octanol–water partition coefficient (Wildman–Crippen LogP) is 3.11. The Balaban J connectivity index is 1.32. The standard InChI is InChI=1S/C20H23NO4/c1-15-6-4-7-16(12-15)23-11-5-10-20(22)21-13-17-14-24-18-8-2-3-9-19(18)25-17/h2-4,6-9,12,17H,5,10-11,13-14H2,1H3,(H,21,22)/t17-/m1/s1. The Morgan fingerprint density at radius 1 is 1.20 bits per heavy atom. The van der Waals surface area contributed by atoms with Crippen molar-refractivity contribution in [2.45, 2.75) is 25.9 Å². The summed E-state index contributed by atoms with van der Waals surface area (Å²) in [4.78, 5) is 11.9. The van der Waals surface area contributed by atoms with E-state index in [9.17, 15) is 4.79 Å². The third-order valence-electron chi connectivity index (χ3n) is 3.90. The molecule has 5 nitrogen and oxygen atoms in total. The summed E-state index contributed by atoms with van der Waals surface area (Å²) >= 11 is 0. The topological polar surface area (TPSA) is 56.8 Å². The molecule has 1 amide bonds. The summed E-state index contributed by atoms with van der Waals surface area (Å²) in [5, 5.41) is 2.89. The fourth-order valence-electron chi connectivity index (χ4n) is 2.61. The second-order valence-electron chi connectivity index (χ2n) is 6.07. The monoisotopic (exact) mass is 341 g/mol. The van der Waals surface area contributed by atoms with Crippen LogP contribution in [0, 0.1) is 6.92 Å². The van der Waals surface area contributed by atoms with Crippen molar-refractivity contribution < 1.29 is 19.0 Å². The zero-order valence-corrected chi connectivity index (χ0v) is 14.4. The third kappa shape index (κ3) is 5.14. The zero-order valence-electron chi connectivity index (χ0n) is 14.4. The number of ether oxygens (including phenoxy) is 3. The van der Waals surface area contributed by atoms with Crippen LogP contribution in [0.4, 0.5) is 0 Å². The molecule has 0 fully saturated rings. The molecule has 1 aliphatic rings. The first-order chi connectivity index (χ1) is 12.2. The summed E-state index contributed by atoms with van der Waals surface area (Å²) < 4.78 is 17.1. The van der Waals surface area contributed by atoms with E-state index in [2.05, 4.69) is 5.32 Å². The first-order valence-corrected chi connectivity index (χ1v) is 8.55. The van der Waals surface area contributed by atoms with Crippen LogP contribution in [0.1, 0.15) is 18.4 Å². The molecular formula is C20H23NO4. The summed E-state index contributed by atoms with van der Waals surface area (Å²) in [5.41, 5.74) is 1.16. The summed E-state index contributed by atoms with van der Waals surface area (Å²) in [6.07, 6.45) is 0.933. The number of hydrogen-bond acceptors (Lipinski definition) is 4. The Kier molecular flexibility index (Phi) is 5.77. The number of para-hydroxylation sites is 2. The first kappa shape index (κ1) is 17.1. The molecule has 0 radical (unpaired) electrons. The second kappa shape index (κ2) is 8.42. The number of benzene rings is 2. The number of nitrogens with one attached hydrogen (secondary N) is 1. The molecule has 1 atom stereocenters. The Bertz CT molecular complexity index is 716. The van der Waals surface area contributed by atoms with Gasteiger partial charge in [0.25, 0.3) is 0 Å². The minimum absolute atomic E-state index is 0.00435. The van der Waals surface area contributed by atoms with E-state index in [1.54, 1.807) is 0 Å². The molecule has 1 heterocycles. The van der Waals surface area contributed by atoms with Gasteiger partial charge < -0.3 is 19.5 Å². The number of rotatable bonds is 7. The van der Waals surface area contributed by atoms with Gasteiger partial charge in [-0.3, -0.25) is 4.79 Å². The smallest absolute Gasteiger partial charge is 0.220 e. The van der Waals surface area contributed by atoms with E-state index >= 15 is 0 Å². The van der Waals surface area contributed by atoms with Gasteiger partial charge >= 0.3 is 0 Å². The van der Waals surface area contributed by atoms with Gasteiger partial charge in [-0.15, -0.1) is 0 Å². The minimum Gasteiger partial charge on any atom is -0.494 e. The molecule has 1 N–H and O–H groups in total. The van der Waals surface area contributed by atoms with Crippen LogP contribution in [-0.2, 0) is 4.79 Å². The Morgan fingerprint density at radius 3 is 2.88 bits per heavy atom. The Morgan fingerprint density at radius 2 is 2.04 bits per heavy atom. The van der Waals surface area contributed by atoms with E-state index in [1.807, 2.05) is 55.5 Å². The van der Waals surface area contributed by atoms with Crippen LogP contribution < -0.4 is 19.5 Å². The van der Waals surface area contributed by atoms with Gasteiger partial charge in [0.05, 0.1) is 13.2 Å². The zero-order chi connectivity index (χ0) is 17.5. The lowest BCUT2D eigenvalue weighted by Gasteiger charge is -2.26. The lowest BCUT2D eigenvalue weighted by molar-refractivity contribution is -0.121. The van der Waals surface area contributed by atoms with Crippen molar-refractivity contribution in [3.05, 3.63) is 54.1 Å². The van der Waals surface area contributed by atoms with Crippen molar-refractivity contribution in [1.82, 2.24) is 5.32 Å². The molecule has 2 aromatic carbocycles. The van der Waals surface area contributed by atoms with E-state index in [4.69, 9.17) is 14.2 Å². The summed E-state index contributed by atoms with van der Waals surface area (Å²) in [6, 6.07) is 15.4. The number of carbonyl (C=O) groups excluding carboxylic acids is 1. The summed E-state index contributed by atoms with van der Waals surface area (Å²) in [7, 11) is 0. The predicted molar refractivity (Wildman–Crippen MR) is 95.3 cm³/mol. The molecule has 3 rings (SSSR count). The lowest BCUT2D eigenvalue weighted by Crippen LogP contribution is -2.40. The molecule has 25 heavy (non-hydrogen) atoms. The van der Waals surface area contributed by atoms with Crippen LogP contribution >= 0.6 is 0 Å². The van der Waals surface area contributed by atoms with Crippen LogP contribution in [0.3, 0.4) is 0 Å². The van der Waals surface area contributed by atoms with Crippen molar-refractivity contribution in [2.75, 3.05) is 19.8 Å². The highest BCUT2D eigenvalue weighted by Crippen LogP contribution is 2.30. The van der Waals surface area contributed by atoms with Crippen molar-refractivity contribution in [2.24, 2.45) is 0 Å². The lowest BCUT2D eigenvalue weighted by atomic mass is 10.2. The largest absolute Gasteiger partial charge is 0.494 e. The van der Waals surface area contributed by atoms with Gasteiger partial charge in [-0.1, -0.05) is 24.3 Å². The maximum atomic E-state index is 11.9. The third-order valence-corrected chi connectivity index (χ3v) is 3.90. The molecule has 5 heteroatoms. The number of hydrogen-bond donors (Lipinski definition) is 1. The van der Waals surface area contributed by atoms with Crippen LogP contribution in [0.5, 0.6) is 17.2 Å². The number of fused-ring (bicyclic) bond motifs is 1. The van der Waals surface area contributed by atoms with Gasteiger partial charge in [0, 0.05) is 6.42 Å². The van der Waals surface area contributed by atoms with Gasteiger partial charge in [0.1, 0.15) is 18.5 Å². The fourth-order valence-corrected chi connectivity index (χ4v) is 2.61. The van der Waals surface area contributed by atoms with Crippen molar-refractivity contribution in [3.8, 4) is 17.2 Å². The van der Waals surface area contributed by atoms with Gasteiger partial charge in [-0.2, -0.15) is 0 Å². The molecule has 0 aliphatic carbocycles. The summed E-state index contributed by atoms with van der Waals surface area (Å²) in [6.45, 7) is 3.42. The molecule has 0 saturated carbocycles. The number of aryl methyl sites for hydroxylation is 1. The quantitative estimate of drug-likeness (QED) is 0.786. The van der Waals surface area contributed by atoms with E-state index < -0.39 is 0 Å². The highest BCUT2D eigenvalue weighted by Gasteiger charge is 2.20. The average Bonchev–Trinajstić information content (AvgIpc) is 2.63. The van der Waals surface area contributed by atoms with E-state index in [1.165, 1.54) is 0 Å². The van der Waals surface area contributed by atoms with Crippen LogP contribution in [0.25, 0.3) is 0 Å². The SMILES string of the molecule is Cc1cccc(OCCCC(=O)NC[C@@H]2COc3ccccc3O2)c1. The second-order valence-corrected chi connectivity index (χ2v) is 6.07. The van der Waals surface area contributed by atoms with Gasteiger partial charge in [0.2, 0.25) is 5.91 Å². The molecule has 0 spiro atoms. The van der Waals surface area contributed by atoms with Crippen LogP contribution in [0.15, 0.2) is 48.5 Å². The molecule has 132 valence electrons. The summed E-state index contributed by atoms with van der Waals surface area (Å²) in [5.74, 6) is 2.31. The average molecular weight is 341 g/mol. The normalized spacial score (nSPS) is 15.5. The molecule has 2 aromatic rings. The van der Waals surface area contributed by atoms with E-state index in [0.29, 0.717) is 32.6 Å². The molecule has 0 aromatic heterocycles. The van der Waals surface area contributed by atoms with Crippen molar-refractivity contribution >= 4 is 5.91 Å². The molecular weight excluding hydrogens is 318 g/mol. The molecule has 0 saturated heterocycles. The maximum absolute atomic E-state index is 11.9.